The average Bonchev–Trinajstić information content (AvgIpc) is 3.88. The van der Waals surface area contributed by atoms with Gasteiger partial charge < -0.3 is 48.8 Å². The van der Waals surface area contributed by atoms with Crippen LogP contribution in [0, 0.1) is 11.8 Å². The largest absolute Gasteiger partial charge is 0.368 e. The number of para-hydroxylation sites is 1. The Balaban J connectivity index is 1.46. The number of hydrogen-bond donors (Lipinski definition) is 9. The highest BCUT2D eigenvalue weighted by atomic mass is 32.1. The minimum absolute atomic E-state index is 0.0410. The van der Waals surface area contributed by atoms with E-state index < -0.39 is 71.7 Å². The summed E-state index contributed by atoms with van der Waals surface area (Å²) in [6, 6.07) is 18.0. The second kappa shape index (κ2) is 24.3. The SMILES string of the molecule is CC(C)C[C@H](NC(=O)[C@H](CC(C)C)NC(=O)[C@@H](Cc1csc2ccccc12)NC(=O)[C@H](Cc1ccccc1)NC(=O)[C@@H](Cc1c[nH]c2ccccc12)NC(=O)[C@@H](N)CCCCN)C(N)=O. The molecule has 6 atom stereocenters. The smallest absolute Gasteiger partial charge is 0.243 e. The number of benzene rings is 3. The number of nitrogens with two attached hydrogens (primary N) is 3. The van der Waals surface area contributed by atoms with Crippen molar-refractivity contribution < 1.29 is 28.8 Å². The Bertz CT molecular complexity index is 2380. The van der Waals surface area contributed by atoms with Crippen molar-refractivity contribution in [1.82, 2.24) is 31.6 Å². The fourth-order valence-electron chi connectivity index (χ4n) is 7.84. The number of amides is 6. The zero-order valence-electron chi connectivity index (χ0n) is 37.7. The molecule has 0 bridgehead atoms. The molecular formula is C49H65N9O6S. The first-order valence-electron chi connectivity index (χ1n) is 22.4. The molecule has 2 heterocycles. The van der Waals surface area contributed by atoms with E-state index in [1.165, 1.54) is 11.3 Å². The van der Waals surface area contributed by atoms with Gasteiger partial charge in [0.2, 0.25) is 35.4 Å². The standard InChI is InChI=1S/C49H65N9O6S/c1-29(2)22-38(44(52)59)54-46(61)39(23-30(3)4)56-49(64)42(26-33-28-65-43-20-11-9-17-35(33)43)58-47(62)40(24-31-14-6-5-7-15-31)57-48(63)41(55-45(60)36(51)18-12-13-21-50)25-32-27-53-37-19-10-8-16-34(32)37/h5-11,14-17,19-20,27-30,36,38-42,53H,12-13,18,21-26,50-51H2,1-4H3,(H2,52,59)(H,54,61)(H,55,60)(H,56,64)(H,57,63)(H,58,62)/t36-,38-,39-,40-,41+,42+/m0/s1. The van der Waals surface area contributed by atoms with Crippen LogP contribution in [-0.2, 0) is 48.0 Å². The van der Waals surface area contributed by atoms with Crippen molar-refractivity contribution in [1.29, 1.82) is 0 Å². The zero-order chi connectivity index (χ0) is 47.0. The summed E-state index contributed by atoms with van der Waals surface area (Å²) in [4.78, 5) is 86.7. The molecule has 0 aliphatic rings. The van der Waals surface area contributed by atoms with Gasteiger partial charge in [0.1, 0.15) is 30.2 Å². The average molecular weight is 908 g/mol. The van der Waals surface area contributed by atoms with Crippen molar-refractivity contribution in [3.8, 4) is 0 Å². The monoisotopic (exact) mass is 907 g/mol. The van der Waals surface area contributed by atoms with Gasteiger partial charge in [-0.15, -0.1) is 11.3 Å². The Kier molecular flexibility index (Phi) is 18.6. The van der Waals surface area contributed by atoms with Gasteiger partial charge in [-0.1, -0.05) is 101 Å². The maximum absolute atomic E-state index is 14.7. The molecular weight excluding hydrogens is 843 g/mol. The van der Waals surface area contributed by atoms with E-state index in [2.05, 4.69) is 31.6 Å². The van der Waals surface area contributed by atoms with E-state index in [-0.39, 0.29) is 37.5 Å². The molecule has 0 unspecified atom stereocenters. The van der Waals surface area contributed by atoms with Gasteiger partial charge in [-0.2, -0.15) is 0 Å². The number of aromatic nitrogens is 1. The van der Waals surface area contributed by atoms with E-state index in [0.717, 1.165) is 37.7 Å². The highest BCUT2D eigenvalue weighted by Gasteiger charge is 2.34. The van der Waals surface area contributed by atoms with E-state index in [0.29, 0.717) is 32.2 Å². The number of primary amides is 1. The molecule has 5 aromatic rings. The third kappa shape index (κ3) is 14.7. The fourth-order valence-corrected chi connectivity index (χ4v) is 8.81. The molecule has 0 saturated heterocycles. The lowest BCUT2D eigenvalue weighted by Crippen LogP contribution is -2.60. The molecule has 6 amide bonds. The van der Waals surface area contributed by atoms with Crippen molar-refractivity contribution in [2.75, 3.05) is 6.54 Å². The predicted molar refractivity (Wildman–Crippen MR) is 256 cm³/mol. The molecule has 5 rings (SSSR count). The lowest BCUT2D eigenvalue weighted by atomic mass is 9.98. The number of nitrogens with one attached hydrogen (secondary N) is 6. The molecule has 65 heavy (non-hydrogen) atoms. The van der Waals surface area contributed by atoms with Crippen LogP contribution in [0.3, 0.4) is 0 Å². The quantitative estimate of drug-likeness (QED) is 0.0388. The topological polar surface area (TPSA) is 256 Å². The molecule has 2 aromatic heterocycles. The van der Waals surface area contributed by atoms with E-state index in [1.807, 2.05) is 112 Å². The normalized spacial score (nSPS) is 14.3. The highest BCUT2D eigenvalue weighted by Crippen LogP contribution is 2.27. The first kappa shape index (κ1) is 49.9. The lowest BCUT2D eigenvalue weighted by Gasteiger charge is -2.28. The molecule has 0 aliphatic carbocycles. The van der Waals surface area contributed by atoms with Gasteiger partial charge in [-0.25, -0.2) is 0 Å². The Hall–Kier alpha value is -6.10. The number of thiophene rings is 1. The summed E-state index contributed by atoms with van der Waals surface area (Å²) in [7, 11) is 0. The number of unbranched alkanes of at least 4 members (excludes halogenated alkanes) is 1. The lowest BCUT2D eigenvalue weighted by molar-refractivity contribution is -0.135. The van der Waals surface area contributed by atoms with Crippen LogP contribution in [-0.4, -0.2) is 83.2 Å². The second-order valence-corrected chi connectivity index (χ2v) is 18.5. The summed E-state index contributed by atoms with van der Waals surface area (Å²) < 4.78 is 0.990. The molecule has 0 fully saturated rings. The molecule has 348 valence electrons. The van der Waals surface area contributed by atoms with E-state index in [1.54, 1.807) is 6.20 Å². The Labute approximate surface area is 384 Å². The van der Waals surface area contributed by atoms with Gasteiger partial charge in [0.15, 0.2) is 0 Å². The minimum atomic E-state index is -1.22. The van der Waals surface area contributed by atoms with Crippen LogP contribution < -0.4 is 43.8 Å². The number of fused-ring (bicyclic) bond motifs is 2. The second-order valence-electron chi connectivity index (χ2n) is 17.6. The zero-order valence-corrected chi connectivity index (χ0v) is 38.5. The first-order valence-corrected chi connectivity index (χ1v) is 23.3. The van der Waals surface area contributed by atoms with Gasteiger partial charge in [0, 0.05) is 41.1 Å². The van der Waals surface area contributed by atoms with Crippen LogP contribution in [0.25, 0.3) is 21.0 Å². The van der Waals surface area contributed by atoms with Crippen molar-refractivity contribution in [3.63, 3.8) is 0 Å². The van der Waals surface area contributed by atoms with Crippen LogP contribution >= 0.6 is 11.3 Å². The van der Waals surface area contributed by atoms with Crippen molar-refractivity contribution in [2.45, 2.75) is 115 Å². The summed E-state index contributed by atoms with van der Waals surface area (Å²) in [5.41, 5.74) is 20.8. The summed E-state index contributed by atoms with van der Waals surface area (Å²) in [5.74, 6) is -3.68. The maximum Gasteiger partial charge on any atom is 0.243 e. The summed E-state index contributed by atoms with van der Waals surface area (Å²) in [6.45, 7) is 8.09. The van der Waals surface area contributed by atoms with Crippen LogP contribution in [0.4, 0.5) is 0 Å². The number of carbonyl (C=O) groups is 6. The minimum Gasteiger partial charge on any atom is -0.368 e. The molecule has 16 heteroatoms. The molecule has 15 nitrogen and oxygen atoms in total. The summed E-state index contributed by atoms with van der Waals surface area (Å²) in [6.07, 6.45) is 4.22. The number of aromatic amines is 1. The molecule has 0 saturated carbocycles. The van der Waals surface area contributed by atoms with Crippen LogP contribution in [0.1, 0.15) is 76.5 Å². The molecule has 0 spiro atoms. The molecule has 0 aliphatic heterocycles. The van der Waals surface area contributed by atoms with Crippen LogP contribution in [0.15, 0.2) is 90.4 Å². The van der Waals surface area contributed by atoms with Crippen LogP contribution in [0.2, 0.25) is 0 Å². The predicted octanol–water partition coefficient (Wildman–Crippen LogP) is 3.87. The Morgan fingerprint density at radius 2 is 1.09 bits per heavy atom. The molecule has 0 radical (unpaired) electrons. The van der Waals surface area contributed by atoms with Gasteiger partial charge in [-0.3, -0.25) is 28.8 Å². The van der Waals surface area contributed by atoms with Crippen molar-refractivity contribution >= 4 is 67.8 Å². The van der Waals surface area contributed by atoms with Crippen LogP contribution in [0.5, 0.6) is 0 Å². The number of hydrogen-bond acceptors (Lipinski definition) is 9. The number of H-pyrrole nitrogens is 1. The summed E-state index contributed by atoms with van der Waals surface area (Å²) >= 11 is 1.50. The Morgan fingerprint density at radius 3 is 1.72 bits per heavy atom. The van der Waals surface area contributed by atoms with Gasteiger partial charge in [-0.05, 0) is 83.7 Å². The van der Waals surface area contributed by atoms with Crippen molar-refractivity contribution in [2.24, 2.45) is 29.0 Å². The molecule has 3 aromatic carbocycles. The van der Waals surface area contributed by atoms with E-state index >= 15 is 0 Å². The number of carbonyl (C=O) groups excluding carboxylic acids is 6. The number of rotatable bonds is 25. The third-order valence-corrected chi connectivity index (χ3v) is 12.3. The highest BCUT2D eigenvalue weighted by molar-refractivity contribution is 7.17. The Morgan fingerprint density at radius 1 is 0.585 bits per heavy atom. The van der Waals surface area contributed by atoms with Crippen molar-refractivity contribution in [3.05, 3.63) is 107 Å². The fraction of sp³-hybridized carbons (Fsp3) is 0.429. The van der Waals surface area contributed by atoms with E-state index in [4.69, 9.17) is 17.2 Å². The van der Waals surface area contributed by atoms with Gasteiger partial charge in [0.25, 0.3) is 0 Å². The van der Waals surface area contributed by atoms with Gasteiger partial charge >= 0.3 is 0 Å². The molecule has 12 N–H and O–H groups in total. The van der Waals surface area contributed by atoms with Gasteiger partial charge in [0.05, 0.1) is 6.04 Å². The summed E-state index contributed by atoms with van der Waals surface area (Å²) in [5, 5.41) is 18.0. The maximum atomic E-state index is 14.7. The van der Waals surface area contributed by atoms with E-state index in [9.17, 15) is 28.8 Å². The third-order valence-electron chi connectivity index (χ3n) is 11.3. The first-order chi connectivity index (χ1) is 31.1.